The Hall–Kier alpha value is -3.14. The third kappa shape index (κ3) is 3.63. The van der Waals surface area contributed by atoms with Gasteiger partial charge in [-0.05, 0) is 67.6 Å². The standard InChI is InChI=1S/C24H24N2O2/c1-17-10-11-23(27)21(14-17)18-6-4-7-19(15-18)24(28)26-13-3-2-9-22(26)20-8-5-12-25-16-20/h4-8,10-12,14-16,22,27H,2-3,9,13H2,1H3/t22-/m1/s1. The van der Waals surface area contributed by atoms with E-state index in [0.717, 1.165) is 48.1 Å². The Morgan fingerprint density at radius 2 is 2.00 bits per heavy atom. The van der Waals surface area contributed by atoms with Crippen molar-refractivity contribution in [3.63, 3.8) is 0 Å². The van der Waals surface area contributed by atoms with Crippen LogP contribution in [0, 0.1) is 6.92 Å². The second kappa shape index (κ2) is 7.85. The van der Waals surface area contributed by atoms with Crippen LogP contribution in [0.2, 0.25) is 0 Å². The van der Waals surface area contributed by atoms with Crippen LogP contribution in [-0.2, 0) is 0 Å². The first-order valence-electron chi connectivity index (χ1n) is 9.74. The van der Waals surface area contributed by atoms with Crippen LogP contribution >= 0.6 is 0 Å². The van der Waals surface area contributed by atoms with Gasteiger partial charge in [0.25, 0.3) is 5.91 Å². The van der Waals surface area contributed by atoms with Gasteiger partial charge in [-0.2, -0.15) is 0 Å². The molecule has 4 nitrogen and oxygen atoms in total. The van der Waals surface area contributed by atoms with Gasteiger partial charge in [-0.15, -0.1) is 0 Å². The molecular weight excluding hydrogens is 348 g/mol. The van der Waals surface area contributed by atoms with E-state index in [1.54, 1.807) is 12.3 Å². The van der Waals surface area contributed by atoms with Gasteiger partial charge in [0.1, 0.15) is 5.75 Å². The number of phenolic OH excluding ortho intramolecular Hbond substituents is 1. The molecule has 0 spiro atoms. The molecule has 0 unspecified atom stereocenters. The number of aromatic nitrogens is 1. The molecule has 2 aromatic carbocycles. The molecule has 0 radical (unpaired) electrons. The summed E-state index contributed by atoms with van der Waals surface area (Å²) in [4.78, 5) is 19.6. The van der Waals surface area contributed by atoms with E-state index in [2.05, 4.69) is 4.98 Å². The van der Waals surface area contributed by atoms with Crippen LogP contribution in [0.4, 0.5) is 0 Å². The summed E-state index contributed by atoms with van der Waals surface area (Å²) in [7, 11) is 0. The first kappa shape index (κ1) is 18.2. The number of likely N-dealkylation sites (tertiary alicyclic amines) is 1. The summed E-state index contributed by atoms with van der Waals surface area (Å²) < 4.78 is 0. The summed E-state index contributed by atoms with van der Waals surface area (Å²) in [5, 5.41) is 10.3. The van der Waals surface area contributed by atoms with Gasteiger partial charge in [0.2, 0.25) is 0 Å². The van der Waals surface area contributed by atoms with Gasteiger partial charge in [0.15, 0.2) is 0 Å². The number of pyridine rings is 1. The van der Waals surface area contributed by atoms with E-state index in [0.29, 0.717) is 5.56 Å². The molecule has 0 aliphatic carbocycles. The lowest BCUT2D eigenvalue weighted by Gasteiger charge is -2.36. The maximum Gasteiger partial charge on any atom is 0.254 e. The summed E-state index contributed by atoms with van der Waals surface area (Å²) in [5.41, 5.74) is 4.40. The van der Waals surface area contributed by atoms with E-state index in [1.807, 2.05) is 66.6 Å². The van der Waals surface area contributed by atoms with Crippen LogP contribution in [0.5, 0.6) is 5.75 Å². The molecule has 28 heavy (non-hydrogen) atoms. The molecule has 4 rings (SSSR count). The van der Waals surface area contributed by atoms with Crippen LogP contribution in [0.1, 0.15) is 46.8 Å². The Labute approximate surface area is 165 Å². The van der Waals surface area contributed by atoms with Crippen molar-refractivity contribution in [1.82, 2.24) is 9.88 Å². The Bertz CT molecular complexity index is 985. The SMILES string of the molecule is Cc1ccc(O)c(-c2cccc(C(=O)N3CCCC[C@@H]3c3cccnc3)c2)c1. The average molecular weight is 372 g/mol. The predicted octanol–water partition coefficient (Wildman–Crippen LogP) is 5.13. The van der Waals surface area contributed by atoms with Crippen molar-refractivity contribution in [3.8, 4) is 16.9 Å². The number of piperidine rings is 1. The lowest BCUT2D eigenvalue weighted by Crippen LogP contribution is -2.38. The van der Waals surface area contributed by atoms with Crippen molar-refractivity contribution in [2.45, 2.75) is 32.2 Å². The fourth-order valence-electron chi connectivity index (χ4n) is 3.96. The van der Waals surface area contributed by atoms with Crippen LogP contribution in [0.3, 0.4) is 0 Å². The molecule has 1 aliphatic rings. The molecule has 1 fully saturated rings. The Morgan fingerprint density at radius 1 is 1.11 bits per heavy atom. The van der Waals surface area contributed by atoms with Gasteiger partial charge >= 0.3 is 0 Å². The number of benzene rings is 2. The van der Waals surface area contributed by atoms with Crippen LogP contribution in [0.15, 0.2) is 67.0 Å². The monoisotopic (exact) mass is 372 g/mol. The molecule has 1 saturated heterocycles. The number of hydrogen-bond acceptors (Lipinski definition) is 3. The number of amides is 1. The molecule has 1 aliphatic heterocycles. The highest BCUT2D eigenvalue weighted by Crippen LogP contribution is 2.34. The van der Waals surface area contributed by atoms with E-state index in [4.69, 9.17) is 0 Å². The molecule has 4 heteroatoms. The number of nitrogens with zero attached hydrogens (tertiary/aromatic N) is 2. The minimum Gasteiger partial charge on any atom is -0.507 e. The predicted molar refractivity (Wildman–Crippen MR) is 110 cm³/mol. The molecule has 2 heterocycles. The topological polar surface area (TPSA) is 53.4 Å². The van der Waals surface area contributed by atoms with Gasteiger partial charge in [-0.3, -0.25) is 9.78 Å². The zero-order valence-electron chi connectivity index (χ0n) is 16.0. The molecule has 1 N–H and O–H groups in total. The number of rotatable bonds is 3. The summed E-state index contributed by atoms with van der Waals surface area (Å²) in [6.07, 6.45) is 6.70. The summed E-state index contributed by atoms with van der Waals surface area (Å²) in [6, 6.07) is 17.1. The lowest BCUT2D eigenvalue weighted by atomic mass is 9.94. The van der Waals surface area contributed by atoms with E-state index in [1.165, 1.54) is 0 Å². The fraction of sp³-hybridized carbons (Fsp3) is 0.250. The third-order valence-corrected chi connectivity index (χ3v) is 5.41. The molecule has 1 atom stereocenters. The number of phenols is 1. The van der Waals surface area contributed by atoms with Crippen LogP contribution < -0.4 is 0 Å². The second-order valence-electron chi connectivity index (χ2n) is 7.40. The van der Waals surface area contributed by atoms with Gasteiger partial charge < -0.3 is 10.0 Å². The van der Waals surface area contributed by atoms with E-state index < -0.39 is 0 Å². The fourth-order valence-corrected chi connectivity index (χ4v) is 3.96. The molecule has 1 aromatic heterocycles. The zero-order chi connectivity index (χ0) is 19.5. The van der Waals surface area contributed by atoms with E-state index in [9.17, 15) is 9.90 Å². The minimum atomic E-state index is 0.0301. The van der Waals surface area contributed by atoms with Crippen molar-refractivity contribution >= 4 is 5.91 Å². The first-order valence-corrected chi connectivity index (χ1v) is 9.74. The molecule has 0 bridgehead atoms. The largest absolute Gasteiger partial charge is 0.507 e. The molecule has 142 valence electrons. The zero-order valence-corrected chi connectivity index (χ0v) is 16.0. The summed E-state index contributed by atoms with van der Waals surface area (Å²) >= 11 is 0. The summed E-state index contributed by atoms with van der Waals surface area (Å²) in [6.45, 7) is 2.74. The van der Waals surface area contributed by atoms with Crippen molar-refractivity contribution in [3.05, 3.63) is 83.7 Å². The smallest absolute Gasteiger partial charge is 0.254 e. The number of hydrogen-bond donors (Lipinski definition) is 1. The number of aromatic hydroxyl groups is 1. The summed E-state index contributed by atoms with van der Waals surface area (Å²) in [5.74, 6) is 0.254. The van der Waals surface area contributed by atoms with Gasteiger partial charge in [-0.25, -0.2) is 0 Å². The van der Waals surface area contributed by atoms with Crippen molar-refractivity contribution in [2.75, 3.05) is 6.54 Å². The number of aryl methyl sites for hydroxylation is 1. The highest BCUT2D eigenvalue weighted by atomic mass is 16.3. The normalized spacial score (nSPS) is 16.8. The Kier molecular flexibility index (Phi) is 5.11. The molecular formula is C24H24N2O2. The van der Waals surface area contributed by atoms with Gasteiger partial charge in [0, 0.05) is 30.1 Å². The van der Waals surface area contributed by atoms with Crippen molar-refractivity contribution in [2.24, 2.45) is 0 Å². The molecule has 0 saturated carbocycles. The maximum atomic E-state index is 13.4. The maximum absolute atomic E-state index is 13.4. The van der Waals surface area contributed by atoms with Crippen molar-refractivity contribution < 1.29 is 9.90 Å². The van der Waals surface area contributed by atoms with Gasteiger partial charge in [0.05, 0.1) is 6.04 Å². The number of carbonyl (C=O) groups excluding carboxylic acids is 1. The highest BCUT2D eigenvalue weighted by Gasteiger charge is 2.29. The average Bonchev–Trinajstić information content (AvgIpc) is 2.75. The van der Waals surface area contributed by atoms with E-state index >= 15 is 0 Å². The van der Waals surface area contributed by atoms with E-state index in [-0.39, 0.29) is 17.7 Å². The first-order chi connectivity index (χ1) is 13.6. The quantitative estimate of drug-likeness (QED) is 0.693. The van der Waals surface area contributed by atoms with Crippen LogP contribution in [-0.4, -0.2) is 27.4 Å². The Balaban J connectivity index is 1.67. The molecule has 3 aromatic rings. The van der Waals surface area contributed by atoms with Crippen molar-refractivity contribution in [1.29, 1.82) is 0 Å². The lowest BCUT2D eigenvalue weighted by molar-refractivity contribution is 0.0611. The number of carbonyl (C=O) groups is 1. The second-order valence-corrected chi connectivity index (χ2v) is 7.40. The Morgan fingerprint density at radius 3 is 2.82 bits per heavy atom. The van der Waals surface area contributed by atoms with Crippen LogP contribution in [0.25, 0.3) is 11.1 Å². The molecule has 1 amide bonds. The van der Waals surface area contributed by atoms with Gasteiger partial charge in [-0.1, -0.05) is 29.8 Å². The highest BCUT2D eigenvalue weighted by molar-refractivity contribution is 5.96. The third-order valence-electron chi connectivity index (χ3n) is 5.41. The minimum absolute atomic E-state index is 0.0301.